The van der Waals surface area contributed by atoms with Crippen LogP contribution in [0.1, 0.15) is 12.8 Å². The van der Waals surface area contributed by atoms with Gasteiger partial charge in [-0.15, -0.1) is 6.58 Å². The number of thioether (sulfide) groups is 1. The minimum Gasteiger partial charge on any atom is -0.351 e. The van der Waals surface area contributed by atoms with Gasteiger partial charge in [-0.2, -0.15) is 11.8 Å². The third-order valence-corrected chi connectivity index (χ3v) is 3.20. The maximum Gasteiger partial charge on any atom is 0.237 e. The summed E-state index contributed by atoms with van der Waals surface area (Å²) in [5.74, 6) is 2.11. The molecule has 0 spiro atoms. The van der Waals surface area contributed by atoms with Crippen LogP contribution in [0.25, 0.3) is 0 Å². The number of hydrogen-bond acceptors (Lipinski definition) is 3. The number of rotatable bonds is 4. The molecule has 1 amide bonds. The van der Waals surface area contributed by atoms with Crippen LogP contribution in [0.3, 0.4) is 0 Å². The monoisotopic (exact) mass is 200 g/mol. The molecule has 3 N–H and O–H groups in total. The molecular weight excluding hydrogens is 184 g/mol. The highest BCUT2D eigenvalue weighted by Crippen LogP contribution is 2.16. The zero-order chi connectivity index (χ0) is 9.68. The Hall–Kier alpha value is -0.480. The third kappa shape index (κ3) is 3.40. The summed E-state index contributed by atoms with van der Waals surface area (Å²) < 4.78 is 0. The lowest BCUT2D eigenvalue weighted by atomic mass is 10.2. The summed E-state index contributed by atoms with van der Waals surface area (Å²) in [6, 6.07) is -0.100. The Kier molecular flexibility index (Phi) is 4.32. The van der Waals surface area contributed by atoms with Crippen molar-refractivity contribution in [1.82, 2.24) is 5.32 Å². The van der Waals surface area contributed by atoms with Crippen molar-refractivity contribution in [3.8, 4) is 0 Å². The Labute approximate surface area is 83.1 Å². The minimum absolute atomic E-state index is 0.0487. The average Bonchev–Trinajstić information content (AvgIpc) is 2.57. The fourth-order valence-electron chi connectivity index (χ4n) is 1.24. The molecule has 0 aromatic heterocycles. The first-order valence-corrected chi connectivity index (χ1v) is 5.64. The molecule has 2 unspecified atom stereocenters. The molecule has 1 saturated heterocycles. The van der Waals surface area contributed by atoms with E-state index < -0.39 is 6.04 Å². The standard InChI is InChI=1S/C9H16N2OS/c1-2-3-8(10)9(12)11-7-4-5-13-6-7/h2,7-8H,1,3-6,10H2,(H,11,12). The molecule has 1 fully saturated rings. The molecule has 0 aromatic carbocycles. The first kappa shape index (κ1) is 10.6. The topological polar surface area (TPSA) is 55.1 Å². The molecular formula is C9H16N2OS. The van der Waals surface area contributed by atoms with E-state index in [1.165, 1.54) is 0 Å². The van der Waals surface area contributed by atoms with Gasteiger partial charge >= 0.3 is 0 Å². The fourth-order valence-corrected chi connectivity index (χ4v) is 2.40. The highest BCUT2D eigenvalue weighted by atomic mass is 32.2. The van der Waals surface area contributed by atoms with E-state index in [9.17, 15) is 4.79 Å². The zero-order valence-corrected chi connectivity index (χ0v) is 8.48. The van der Waals surface area contributed by atoms with Crippen molar-refractivity contribution in [3.05, 3.63) is 12.7 Å². The Balaban J connectivity index is 2.26. The molecule has 1 aliphatic heterocycles. The number of carbonyl (C=O) groups is 1. The lowest BCUT2D eigenvalue weighted by Crippen LogP contribution is -2.45. The predicted molar refractivity (Wildman–Crippen MR) is 56.7 cm³/mol. The normalized spacial score (nSPS) is 23.9. The Bertz CT molecular complexity index is 190. The van der Waals surface area contributed by atoms with Crippen LogP contribution < -0.4 is 11.1 Å². The second kappa shape index (κ2) is 5.29. The van der Waals surface area contributed by atoms with E-state index in [1.807, 2.05) is 11.8 Å². The van der Waals surface area contributed by atoms with Gasteiger partial charge in [-0.25, -0.2) is 0 Å². The number of nitrogens with one attached hydrogen (secondary N) is 1. The van der Waals surface area contributed by atoms with Gasteiger partial charge in [0, 0.05) is 11.8 Å². The van der Waals surface area contributed by atoms with E-state index in [2.05, 4.69) is 11.9 Å². The van der Waals surface area contributed by atoms with Crippen LogP contribution in [0.15, 0.2) is 12.7 Å². The van der Waals surface area contributed by atoms with Crippen LogP contribution in [0, 0.1) is 0 Å². The molecule has 2 atom stereocenters. The average molecular weight is 200 g/mol. The van der Waals surface area contributed by atoms with Gasteiger partial charge in [0.05, 0.1) is 6.04 Å². The van der Waals surface area contributed by atoms with Crippen molar-refractivity contribution < 1.29 is 4.79 Å². The molecule has 3 nitrogen and oxygen atoms in total. The number of hydrogen-bond donors (Lipinski definition) is 2. The fraction of sp³-hybridized carbons (Fsp3) is 0.667. The molecule has 1 heterocycles. The number of amides is 1. The Morgan fingerprint density at radius 3 is 3.15 bits per heavy atom. The summed E-state index contributed by atoms with van der Waals surface area (Å²) in [6.07, 6.45) is 3.29. The van der Waals surface area contributed by atoms with Crippen LogP contribution in [-0.2, 0) is 4.79 Å². The minimum atomic E-state index is -0.428. The summed E-state index contributed by atoms with van der Waals surface area (Å²) >= 11 is 1.87. The third-order valence-electron chi connectivity index (χ3n) is 2.03. The summed E-state index contributed by atoms with van der Waals surface area (Å²) in [5.41, 5.74) is 5.62. The molecule has 1 rings (SSSR count). The van der Waals surface area contributed by atoms with Crippen LogP contribution in [0.2, 0.25) is 0 Å². The molecule has 0 saturated carbocycles. The predicted octanol–water partition coefficient (Wildman–Crippen LogP) is 0.512. The van der Waals surface area contributed by atoms with Crippen molar-refractivity contribution >= 4 is 17.7 Å². The molecule has 13 heavy (non-hydrogen) atoms. The second-order valence-electron chi connectivity index (χ2n) is 3.20. The van der Waals surface area contributed by atoms with Crippen molar-refractivity contribution in [2.75, 3.05) is 11.5 Å². The first-order valence-electron chi connectivity index (χ1n) is 4.48. The van der Waals surface area contributed by atoms with Crippen LogP contribution >= 0.6 is 11.8 Å². The zero-order valence-electron chi connectivity index (χ0n) is 7.66. The molecule has 0 bridgehead atoms. The Morgan fingerprint density at radius 1 is 1.85 bits per heavy atom. The molecule has 74 valence electrons. The maximum atomic E-state index is 11.4. The molecule has 0 aliphatic carbocycles. The second-order valence-corrected chi connectivity index (χ2v) is 4.35. The largest absolute Gasteiger partial charge is 0.351 e. The van der Waals surface area contributed by atoms with Crippen LogP contribution in [-0.4, -0.2) is 29.5 Å². The molecule has 1 aliphatic rings. The van der Waals surface area contributed by atoms with E-state index in [0.717, 1.165) is 17.9 Å². The van der Waals surface area contributed by atoms with Gasteiger partial charge in [0.25, 0.3) is 0 Å². The van der Waals surface area contributed by atoms with E-state index in [0.29, 0.717) is 12.5 Å². The van der Waals surface area contributed by atoms with Gasteiger partial charge in [0.2, 0.25) is 5.91 Å². The SMILES string of the molecule is C=CCC(N)C(=O)NC1CCSC1. The summed E-state index contributed by atoms with van der Waals surface area (Å²) in [4.78, 5) is 11.4. The van der Waals surface area contributed by atoms with Gasteiger partial charge < -0.3 is 11.1 Å². The molecule has 0 aromatic rings. The lowest BCUT2D eigenvalue weighted by molar-refractivity contribution is -0.122. The highest BCUT2D eigenvalue weighted by molar-refractivity contribution is 7.99. The van der Waals surface area contributed by atoms with E-state index >= 15 is 0 Å². The number of carbonyl (C=O) groups excluding carboxylic acids is 1. The van der Waals surface area contributed by atoms with Crippen molar-refractivity contribution in [3.63, 3.8) is 0 Å². The van der Waals surface area contributed by atoms with Gasteiger partial charge in [0.1, 0.15) is 0 Å². The smallest absolute Gasteiger partial charge is 0.237 e. The van der Waals surface area contributed by atoms with Crippen molar-refractivity contribution in [2.24, 2.45) is 5.73 Å². The van der Waals surface area contributed by atoms with Crippen LogP contribution in [0.4, 0.5) is 0 Å². The number of nitrogens with two attached hydrogens (primary N) is 1. The summed E-state index contributed by atoms with van der Waals surface area (Å²) in [6.45, 7) is 3.55. The Morgan fingerprint density at radius 2 is 2.62 bits per heavy atom. The quantitative estimate of drug-likeness (QED) is 0.650. The van der Waals surface area contributed by atoms with Gasteiger partial charge in [0.15, 0.2) is 0 Å². The van der Waals surface area contributed by atoms with Crippen molar-refractivity contribution in [1.29, 1.82) is 0 Å². The molecule has 4 heteroatoms. The van der Waals surface area contributed by atoms with E-state index in [4.69, 9.17) is 5.73 Å². The van der Waals surface area contributed by atoms with E-state index in [1.54, 1.807) is 6.08 Å². The summed E-state index contributed by atoms with van der Waals surface area (Å²) in [5, 5.41) is 2.93. The first-order chi connectivity index (χ1) is 6.24. The highest BCUT2D eigenvalue weighted by Gasteiger charge is 2.20. The van der Waals surface area contributed by atoms with Gasteiger partial charge in [-0.3, -0.25) is 4.79 Å². The van der Waals surface area contributed by atoms with Gasteiger partial charge in [-0.05, 0) is 18.6 Å². The van der Waals surface area contributed by atoms with Crippen LogP contribution in [0.5, 0.6) is 0 Å². The lowest BCUT2D eigenvalue weighted by Gasteiger charge is -2.14. The summed E-state index contributed by atoms with van der Waals surface area (Å²) in [7, 11) is 0. The van der Waals surface area contributed by atoms with E-state index in [-0.39, 0.29) is 5.91 Å². The van der Waals surface area contributed by atoms with Gasteiger partial charge in [-0.1, -0.05) is 6.08 Å². The maximum absolute atomic E-state index is 11.4. The molecule has 0 radical (unpaired) electrons. The van der Waals surface area contributed by atoms with Crippen molar-refractivity contribution in [2.45, 2.75) is 24.9 Å².